The van der Waals surface area contributed by atoms with E-state index in [1.54, 1.807) is 19.0 Å². The minimum atomic E-state index is -0.0102. The van der Waals surface area contributed by atoms with Gasteiger partial charge in [0.2, 0.25) is 5.91 Å². The van der Waals surface area contributed by atoms with Gasteiger partial charge in [0.15, 0.2) is 5.96 Å². The van der Waals surface area contributed by atoms with Crippen LogP contribution >= 0.6 is 0 Å². The fraction of sp³-hybridized carbons (Fsp3) is 0.619. The molecule has 28 heavy (non-hydrogen) atoms. The van der Waals surface area contributed by atoms with Gasteiger partial charge in [-0.2, -0.15) is 0 Å². The van der Waals surface area contributed by atoms with E-state index in [4.69, 9.17) is 4.74 Å². The van der Waals surface area contributed by atoms with E-state index in [1.807, 2.05) is 0 Å². The molecule has 0 spiro atoms. The molecule has 0 unspecified atom stereocenters. The van der Waals surface area contributed by atoms with Gasteiger partial charge in [-0.05, 0) is 37.0 Å². The number of likely N-dealkylation sites (N-methyl/N-ethyl adjacent to an activating group) is 1. The summed E-state index contributed by atoms with van der Waals surface area (Å²) in [5.41, 5.74) is 3.98. The maximum absolute atomic E-state index is 11.9. The molecule has 0 radical (unpaired) electrons. The molecule has 0 aromatic heterocycles. The third-order valence-electron chi connectivity index (χ3n) is 5.01. The molecule has 156 valence electrons. The maximum atomic E-state index is 11.9. The van der Waals surface area contributed by atoms with Crippen LogP contribution in [-0.2, 0) is 16.0 Å². The first-order valence-corrected chi connectivity index (χ1v) is 10.0. The van der Waals surface area contributed by atoms with E-state index in [-0.39, 0.29) is 12.5 Å². The molecular formula is C21H35N5O2. The number of amides is 1. The average molecular weight is 390 g/mol. The number of morpholine rings is 1. The molecule has 1 fully saturated rings. The number of nitrogens with one attached hydrogen (secondary N) is 2. The molecule has 0 atom stereocenters. The summed E-state index contributed by atoms with van der Waals surface area (Å²) in [5.74, 6) is 0.679. The lowest BCUT2D eigenvalue weighted by atomic mass is 10.0. The summed E-state index contributed by atoms with van der Waals surface area (Å²) in [6.45, 7) is 10.4. The SMILES string of the molecule is Cc1cccc(C)c1CCNC(=NCC(=O)N(C)C)NCCN1CCOCC1. The van der Waals surface area contributed by atoms with Gasteiger partial charge in [0.25, 0.3) is 0 Å². The molecule has 7 nitrogen and oxygen atoms in total. The van der Waals surface area contributed by atoms with Crippen LogP contribution in [0.4, 0.5) is 0 Å². The number of benzene rings is 1. The first-order valence-electron chi connectivity index (χ1n) is 10.0. The van der Waals surface area contributed by atoms with Crippen LogP contribution in [-0.4, -0.2) is 88.2 Å². The van der Waals surface area contributed by atoms with Crippen LogP contribution in [0, 0.1) is 13.8 Å². The molecule has 0 aliphatic carbocycles. The van der Waals surface area contributed by atoms with Gasteiger partial charge in [-0.1, -0.05) is 18.2 Å². The summed E-state index contributed by atoms with van der Waals surface area (Å²) in [4.78, 5) is 20.3. The highest BCUT2D eigenvalue weighted by atomic mass is 16.5. The van der Waals surface area contributed by atoms with E-state index in [1.165, 1.54) is 16.7 Å². The van der Waals surface area contributed by atoms with Crippen molar-refractivity contribution < 1.29 is 9.53 Å². The number of aryl methyl sites for hydroxylation is 2. The number of rotatable bonds is 8. The minimum Gasteiger partial charge on any atom is -0.379 e. The van der Waals surface area contributed by atoms with E-state index in [0.29, 0.717) is 5.96 Å². The van der Waals surface area contributed by atoms with Crippen LogP contribution in [0.15, 0.2) is 23.2 Å². The van der Waals surface area contributed by atoms with E-state index in [0.717, 1.165) is 52.4 Å². The van der Waals surface area contributed by atoms with E-state index < -0.39 is 0 Å². The third kappa shape index (κ3) is 7.48. The topological polar surface area (TPSA) is 69.2 Å². The van der Waals surface area contributed by atoms with Crippen LogP contribution in [0.5, 0.6) is 0 Å². The van der Waals surface area contributed by atoms with Crippen molar-refractivity contribution in [2.24, 2.45) is 4.99 Å². The van der Waals surface area contributed by atoms with Crippen LogP contribution in [0.1, 0.15) is 16.7 Å². The second-order valence-corrected chi connectivity index (χ2v) is 7.38. The number of guanidine groups is 1. The number of hydrogen-bond donors (Lipinski definition) is 2. The zero-order valence-electron chi connectivity index (χ0n) is 17.8. The molecule has 0 saturated carbocycles. The van der Waals surface area contributed by atoms with Crippen LogP contribution in [0.25, 0.3) is 0 Å². The molecule has 7 heteroatoms. The zero-order chi connectivity index (χ0) is 20.4. The van der Waals surface area contributed by atoms with Gasteiger partial charge in [0.05, 0.1) is 13.2 Å². The quantitative estimate of drug-likeness (QED) is 0.509. The summed E-state index contributed by atoms with van der Waals surface area (Å²) in [5, 5.41) is 6.74. The zero-order valence-corrected chi connectivity index (χ0v) is 17.8. The Bertz CT molecular complexity index is 634. The highest BCUT2D eigenvalue weighted by Crippen LogP contribution is 2.13. The number of hydrogen-bond acceptors (Lipinski definition) is 4. The lowest BCUT2D eigenvalue weighted by Gasteiger charge is -2.26. The molecule has 1 heterocycles. The monoisotopic (exact) mass is 389 g/mol. The van der Waals surface area contributed by atoms with Gasteiger partial charge in [-0.15, -0.1) is 0 Å². The molecule has 1 amide bonds. The number of nitrogens with zero attached hydrogens (tertiary/aromatic N) is 3. The van der Waals surface area contributed by atoms with Crippen molar-refractivity contribution in [1.82, 2.24) is 20.4 Å². The Hall–Kier alpha value is -2.12. The van der Waals surface area contributed by atoms with Crippen molar-refractivity contribution in [2.45, 2.75) is 20.3 Å². The maximum Gasteiger partial charge on any atom is 0.243 e. The Morgan fingerprint density at radius 3 is 2.43 bits per heavy atom. The van der Waals surface area contributed by atoms with Gasteiger partial charge in [-0.25, -0.2) is 4.99 Å². The van der Waals surface area contributed by atoms with E-state index in [2.05, 4.69) is 52.6 Å². The summed E-state index contributed by atoms with van der Waals surface area (Å²) in [6.07, 6.45) is 0.921. The molecule has 2 N–H and O–H groups in total. The van der Waals surface area contributed by atoms with Crippen LogP contribution < -0.4 is 10.6 Å². The molecule has 2 rings (SSSR count). The Morgan fingerprint density at radius 1 is 1.14 bits per heavy atom. The van der Waals surface area contributed by atoms with Crippen molar-refractivity contribution in [3.8, 4) is 0 Å². The predicted octanol–water partition coefficient (Wildman–Crippen LogP) is 0.802. The number of carbonyl (C=O) groups excluding carboxylic acids is 1. The van der Waals surface area contributed by atoms with Gasteiger partial charge < -0.3 is 20.3 Å². The summed E-state index contributed by atoms with van der Waals surface area (Å²) >= 11 is 0. The summed E-state index contributed by atoms with van der Waals surface area (Å²) in [7, 11) is 3.50. The second-order valence-electron chi connectivity index (χ2n) is 7.38. The van der Waals surface area contributed by atoms with Crippen molar-refractivity contribution in [1.29, 1.82) is 0 Å². The van der Waals surface area contributed by atoms with Crippen LogP contribution in [0.3, 0.4) is 0 Å². The van der Waals surface area contributed by atoms with Crippen molar-refractivity contribution in [3.63, 3.8) is 0 Å². The summed E-state index contributed by atoms with van der Waals surface area (Å²) < 4.78 is 5.39. The van der Waals surface area contributed by atoms with E-state index >= 15 is 0 Å². The van der Waals surface area contributed by atoms with E-state index in [9.17, 15) is 4.79 Å². The highest BCUT2D eigenvalue weighted by Gasteiger charge is 2.10. The number of aliphatic imine (C=N–C) groups is 1. The number of carbonyl (C=O) groups is 1. The predicted molar refractivity (Wildman–Crippen MR) is 114 cm³/mol. The minimum absolute atomic E-state index is 0.0102. The van der Waals surface area contributed by atoms with Gasteiger partial charge in [0.1, 0.15) is 6.54 Å². The third-order valence-corrected chi connectivity index (χ3v) is 5.01. The van der Waals surface area contributed by atoms with Gasteiger partial charge >= 0.3 is 0 Å². The molecule has 1 aromatic carbocycles. The molecule has 1 aromatic rings. The number of ether oxygens (including phenoxy) is 1. The van der Waals surface area contributed by atoms with Crippen molar-refractivity contribution in [3.05, 3.63) is 34.9 Å². The molecule has 1 aliphatic rings. The average Bonchev–Trinajstić information content (AvgIpc) is 2.68. The van der Waals surface area contributed by atoms with Crippen LogP contribution in [0.2, 0.25) is 0 Å². The second kappa shape index (κ2) is 11.7. The van der Waals surface area contributed by atoms with Crippen molar-refractivity contribution >= 4 is 11.9 Å². The largest absolute Gasteiger partial charge is 0.379 e. The molecule has 0 bridgehead atoms. The summed E-state index contributed by atoms with van der Waals surface area (Å²) in [6, 6.07) is 6.38. The fourth-order valence-electron chi connectivity index (χ4n) is 3.17. The van der Waals surface area contributed by atoms with Gasteiger partial charge in [0, 0.05) is 46.8 Å². The Labute approximate surface area is 169 Å². The highest BCUT2D eigenvalue weighted by molar-refractivity contribution is 5.84. The Kier molecular flexibility index (Phi) is 9.23. The molecular weight excluding hydrogens is 354 g/mol. The normalized spacial score (nSPS) is 15.4. The smallest absolute Gasteiger partial charge is 0.243 e. The Morgan fingerprint density at radius 2 is 1.79 bits per heavy atom. The molecule has 1 aliphatic heterocycles. The first-order chi connectivity index (χ1) is 13.5. The fourth-order valence-corrected chi connectivity index (χ4v) is 3.17. The van der Waals surface area contributed by atoms with Gasteiger partial charge in [-0.3, -0.25) is 9.69 Å². The lowest BCUT2D eigenvalue weighted by molar-refractivity contribution is -0.127. The molecule has 1 saturated heterocycles. The lowest BCUT2D eigenvalue weighted by Crippen LogP contribution is -2.45. The standard InChI is InChI=1S/C21H35N5O2/c1-17-6-5-7-18(2)19(17)8-9-22-21(24-16-20(27)25(3)4)23-10-11-26-12-14-28-15-13-26/h5-7H,8-16H2,1-4H3,(H2,22,23,24). The van der Waals surface area contributed by atoms with Crippen molar-refractivity contribution in [2.75, 3.05) is 66.6 Å². The first kappa shape index (κ1) is 22.2. The Balaban J connectivity index is 1.87.